The summed E-state index contributed by atoms with van der Waals surface area (Å²) in [7, 11) is 0. The highest BCUT2D eigenvalue weighted by Crippen LogP contribution is 2.27. The standard InChI is InChI=1S/C16H21NO3/c1-12(17-9-14-7-8-15(10-17)20-14)11-19-16(18)13-5-3-2-4-6-13/h2-6,12,14-15H,7-11H2,1H3/t12-,14-,15+/m0/s1. The quantitative estimate of drug-likeness (QED) is 0.789. The predicted molar refractivity (Wildman–Crippen MR) is 75.7 cm³/mol. The van der Waals surface area contributed by atoms with Crippen LogP contribution in [0.5, 0.6) is 0 Å². The number of morpholine rings is 1. The maximum absolute atomic E-state index is 11.9. The summed E-state index contributed by atoms with van der Waals surface area (Å²) in [5.41, 5.74) is 0.613. The summed E-state index contributed by atoms with van der Waals surface area (Å²) in [6.07, 6.45) is 3.08. The van der Waals surface area contributed by atoms with Crippen LogP contribution in [0.15, 0.2) is 30.3 Å². The van der Waals surface area contributed by atoms with Crippen molar-refractivity contribution in [2.75, 3.05) is 19.7 Å². The highest BCUT2D eigenvalue weighted by Gasteiger charge is 2.35. The SMILES string of the molecule is C[C@@H](COC(=O)c1ccccc1)N1C[C@H]2CC[C@@H](C1)O2. The van der Waals surface area contributed by atoms with Crippen molar-refractivity contribution in [3.63, 3.8) is 0 Å². The minimum absolute atomic E-state index is 0.242. The van der Waals surface area contributed by atoms with E-state index in [1.54, 1.807) is 12.1 Å². The molecular weight excluding hydrogens is 254 g/mol. The lowest BCUT2D eigenvalue weighted by molar-refractivity contribution is -0.0584. The highest BCUT2D eigenvalue weighted by molar-refractivity contribution is 5.89. The third kappa shape index (κ3) is 3.02. The summed E-state index contributed by atoms with van der Waals surface area (Å²) >= 11 is 0. The van der Waals surface area contributed by atoms with Crippen LogP contribution in [-0.2, 0) is 9.47 Å². The molecule has 0 N–H and O–H groups in total. The smallest absolute Gasteiger partial charge is 0.338 e. The van der Waals surface area contributed by atoms with Crippen molar-refractivity contribution in [1.29, 1.82) is 0 Å². The largest absolute Gasteiger partial charge is 0.460 e. The number of fused-ring (bicyclic) bond motifs is 2. The Kier molecular flexibility index (Phi) is 4.03. The van der Waals surface area contributed by atoms with Crippen molar-refractivity contribution >= 4 is 5.97 Å². The topological polar surface area (TPSA) is 38.8 Å². The van der Waals surface area contributed by atoms with Gasteiger partial charge >= 0.3 is 5.97 Å². The van der Waals surface area contributed by atoms with Gasteiger partial charge in [0.05, 0.1) is 17.8 Å². The van der Waals surface area contributed by atoms with Crippen LogP contribution in [0.25, 0.3) is 0 Å². The Morgan fingerprint density at radius 3 is 2.60 bits per heavy atom. The zero-order valence-corrected chi connectivity index (χ0v) is 11.8. The fourth-order valence-electron chi connectivity index (χ4n) is 2.97. The molecule has 0 aromatic heterocycles. The van der Waals surface area contributed by atoms with Gasteiger partial charge in [0.15, 0.2) is 0 Å². The molecule has 2 bridgehead atoms. The molecule has 0 unspecified atom stereocenters. The van der Waals surface area contributed by atoms with Gasteiger partial charge in [-0.3, -0.25) is 4.90 Å². The normalized spacial score (nSPS) is 27.2. The lowest BCUT2D eigenvalue weighted by atomic mass is 10.2. The third-order valence-electron chi connectivity index (χ3n) is 4.16. The molecule has 2 aliphatic heterocycles. The fourth-order valence-corrected chi connectivity index (χ4v) is 2.97. The van der Waals surface area contributed by atoms with Crippen LogP contribution >= 0.6 is 0 Å². The maximum atomic E-state index is 11.9. The number of hydrogen-bond donors (Lipinski definition) is 0. The molecule has 0 saturated carbocycles. The molecule has 0 spiro atoms. The molecule has 0 amide bonds. The van der Waals surface area contributed by atoms with Crippen molar-refractivity contribution in [2.24, 2.45) is 0 Å². The van der Waals surface area contributed by atoms with Gasteiger partial charge in [0, 0.05) is 19.1 Å². The molecule has 3 rings (SSSR count). The van der Waals surface area contributed by atoms with E-state index in [1.807, 2.05) is 18.2 Å². The lowest BCUT2D eigenvalue weighted by Gasteiger charge is -2.36. The molecule has 20 heavy (non-hydrogen) atoms. The summed E-state index contributed by atoms with van der Waals surface area (Å²) in [6.45, 7) is 4.47. The first kappa shape index (κ1) is 13.6. The lowest BCUT2D eigenvalue weighted by Crippen LogP contribution is -2.48. The maximum Gasteiger partial charge on any atom is 0.338 e. The second kappa shape index (κ2) is 5.94. The average Bonchev–Trinajstić information content (AvgIpc) is 2.83. The van der Waals surface area contributed by atoms with Crippen LogP contribution < -0.4 is 0 Å². The number of ether oxygens (including phenoxy) is 2. The molecule has 0 aliphatic carbocycles. The number of esters is 1. The van der Waals surface area contributed by atoms with Crippen LogP contribution in [0.1, 0.15) is 30.1 Å². The molecule has 3 atom stereocenters. The molecule has 0 radical (unpaired) electrons. The third-order valence-corrected chi connectivity index (χ3v) is 4.16. The van der Waals surface area contributed by atoms with Gasteiger partial charge in [-0.1, -0.05) is 18.2 Å². The van der Waals surface area contributed by atoms with Crippen molar-refractivity contribution in [3.05, 3.63) is 35.9 Å². The van der Waals surface area contributed by atoms with E-state index in [1.165, 1.54) is 0 Å². The molecule has 2 fully saturated rings. The van der Waals surface area contributed by atoms with Gasteiger partial charge in [-0.05, 0) is 31.9 Å². The minimum Gasteiger partial charge on any atom is -0.460 e. The van der Waals surface area contributed by atoms with Crippen LogP contribution in [-0.4, -0.2) is 48.8 Å². The van der Waals surface area contributed by atoms with Gasteiger partial charge in [0.1, 0.15) is 6.61 Å². The average molecular weight is 275 g/mol. The van der Waals surface area contributed by atoms with E-state index in [4.69, 9.17) is 9.47 Å². The number of rotatable bonds is 4. The molecule has 2 saturated heterocycles. The summed E-state index contributed by atoms with van der Waals surface area (Å²) in [5.74, 6) is -0.242. The number of carbonyl (C=O) groups is 1. The van der Waals surface area contributed by atoms with E-state index in [2.05, 4.69) is 11.8 Å². The Bertz CT molecular complexity index is 450. The Hall–Kier alpha value is -1.39. The Morgan fingerprint density at radius 1 is 1.30 bits per heavy atom. The summed E-state index contributed by atoms with van der Waals surface area (Å²) < 4.78 is 11.2. The molecule has 1 aromatic carbocycles. The fraction of sp³-hybridized carbons (Fsp3) is 0.562. The van der Waals surface area contributed by atoms with Gasteiger partial charge in [0.25, 0.3) is 0 Å². The molecule has 2 heterocycles. The second-order valence-corrected chi connectivity index (χ2v) is 5.72. The van der Waals surface area contributed by atoms with E-state index < -0.39 is 0 Å². The van der Waals surface area contributed by atoms with E-state index in [0.29, 0.717) is 24.4 Å². The van der Waals surface area contributed by atoms with Crippen molar-refractivity contribution in [2.45, 2.75) is 38.0 Å². The first-order chi connectivity index (χ1) is 9.72. The molecule has 1 aromatic rings. The Morgan fingerprint density at radius 2 is 1.95 bits per heavy atom. The summed E-state index contributed by atoms with van der Waals surface area (Å²) in [5, 5.41) is 0. The molecule has 2 aliphatic rings. The van der Waals surface area contributed by atoms with Gasteiger partial charge in [-0.25, -0.2) is 4.79 Å². The number of hydrogen-bond acceptors (Lipinski definition) is 4. The summed E-state index contributed by atoms with van der Waals surface area (Å²) in [6, 6.07) is 9.39. The minimum atomic E-state index is -0.242. The first-order valence-corrected chi connectivity index (χ1v) is 7.34. The van der Waals surface area contributed by atoms with Crippen LogP contribution in [0.2, 0.25) is 0 Å². The zero-order chi connectivity index (χ0) is 13.9. The second-order valence-electron chi connectivity index (χ2n) is 5.72. The van der Waals surface area contributed by atoms with Crippen molar-refractivity contribution < 1.29 is 14.3 Å². The number of carbonyl (C=O) groups excluding carboxylic acids is 1. The number of likely N-dealkylation sites (tertiary alicyclic amines) is 1. The van der Waals surface area contributed by atoms with E-state index in [9.17, 15) is 4.79 Å². The molecule has 4 heteroatoms. The van der Waals surface area contributed by atoms with Gasteiger partial charge in [-0.15, -0.1) is 0 Å². The highest BCUT2D eigenvalue weighted by atomic mass is 16.5. The van der Waals surface area contributed by atoms with Gasteiger partial charge < -0.3 is 9.47 Å². The molecular formula is C16H21NO3. The van der Waals surface area contributed by atoms with E-state index in [0.717, 1.165) is 25.9 Å². The van der Waals surface area contributed by atoms with E-state index >= 15 is 0 Å². The monoisotopic (exact) mass is 275 g/mol. The van der Waals surface area contributed by atoms with Crippen LogP contribution in [0.4, 0.5) is 0 Å². The van der Waals surface area contributed by atoms with Gasteiger partial charge in [0.2, 0.25) is 0 Å². The number of nitrogens with zero attached hydrogens (tertiary/aromatic N) is 1. The van der Waals surface area contributed by atoms with Crippen LogP contribution in [0.3, 0.4) is 0 Å². The summed E-state index contributed by atoms with van der Waals surface area (Å²) in [4.78, 5) is 14.3. The van der Waals surface area contributed by atoms with Crippen molar-refractivity contribution in [3.8, 4) is 0 Å². The van der Waals surface area contributed by atoms with E-state index in [-0.39, 0.29) is 12.0 Å². The molecule has 4 nitrogen and oxygen atoms in total. The van der Waals surface area contributed by atoms with Crippen molar-refractivity contribution in [1.82, 2.24) is 4.90 Å². The predicted octanol–water partition coefficient (Wildman–Crippen LogP) is 2.10. The van der Waals surface area contributed by atoms with Crippen LogP contribution in [0, 0.1) is 0 Å². The first-order valence-electron chi connectivity index (χ1n) is 7.34. The van der Waals surface area contributed by atoms with Gasteiger partial charge in [-0.2, -0.15) is 0 Å². The Balaban J connectivity index is 1.50. The zero-order valence-electron chi connectivity index (χ0n) is 11.8. The Labute approximate surface area is 119 Å². The number of benzene rings is 1. The molecule has 108 valence electrons.